The predicted molar refractivity (Wildman–Crippen MR) is 151 cm³/mol. The standard InChI is InChI=1S/C29H33N7O3/c1-3-25(37)35-15-13-23(14-16-35)36-20-31-26-27(30-19-21-7-5-4-6-8-21)33-29(34-28(26)36)32-22-9-11-24(12-10-22)39-18-17-38-2/h3-12,20,23H,1,13-19H2,2H3,(H2,30,32,33,34). The van der Waals surface area contributed by atoms with Gasteiger partial charge in [-0.05, 0) is 48.7 Å². The van der Waals surface area contributed by atoms with Crippen molar-refractivity contribution in [1.82, 2.24) is 24.4 Å². The average molecular weight is 528 g/mol. The number of hydrogen-bond donors (Lipinski definition) is 2. The summed E-state index contributed by atoms with van der Waals surface area (Å²) in [5.41, 5.74) is 3.44. The van der Waals surface area contributed by atoms with Gasteiger partial charge in [-0.2, -0.15) is 9.97 Å². The van der Waals surface area contributed by atoms with E-state index >= 15 is 0 Å². The van der Waals surface area contributed by atoms with Gasteiger partial charge in [-0.3, -0.25) is 4.79 Å². The molecule has 1 amide bonds. The molecule has 1 fully saturated rings. The molecule has 0 unspecified atom stereocenters. The Morgan fingerprint density at radius 1 is 1.08 bits per heavy atom. The lowest BCUT2D eigenvalue weighted by Crippen LogP contribution is -2.38. The third kappa shape index (κ3) is 6.35. The van der Waals surface area contributed by atoms with E-state index in [0.29, 0.717) is 50.1 Å². The molecule has 202 valence electrons. The maximum atomic E-state index is 12.0. The molecule has 10 nitrogen and oxygen atoms in total. The van der Waals surface area contributed by atoms with E-state index in [0.717, 1.165) is 35.5 Å². The Morgan fingerprint density at radius 2 is 1.85 bits per heavy atom. The topological polar surface area (TPSA) is 106 Å². The number of carbonyl (C=O) groups is 1. The molecule has 0 aliphatic carbocycles. The third-order valence-corrected chi connectivity index (χ3v) is 6.74. The first-order chi connectivity index (χ1) is 19.1. The van der Waals surface area contributed by atoms with Crippen LogP contribution in [-0.2, 0) is 16.1 Å². The van der Waals surface area contributed by atoms with E-state index in [9.17, 15) is 4.79 Å². The van der Waals surface area contributed by atoms with Crippen molar-refractivity contribution < 1.29 is 14.3 Å². The van der Waals surface area contributed by atoms with Crippen LogP contribution in [0.15, 0.2) is 73.6 Å². The summed E-state index contributed by atoms with van der Waals surface area (Å²) >= 11 is 0. The minimum absolute atomic E-state index is 0.0275. The maximum absolute atomic E-state index is 12.0. The van der Waals surface area contributed by atoms with Crippen LogP contribution in [0.4, 0.5) is 17.5 Å². The van der Waals surface area contributed by atoms with Crippen LogP contribution in [0.1, 0.15) is 24.4 Å². The zero-order valence-electron chi connectivity index (χ0n) is 22.0. The summed E-state index contributed by atoms with van der Waals surface area (Å²) in [5.74, 6) is 1.86. The zero-order chi connectivity index (χ0) is 27.0. The van der Waals surface area contributed by atoms with E-state index in [-0.39, 0.29) is 11.9 Å². The molecule has 0 saturated carbocycles. The Balaban J connectivity index is 1.40. The van der Waals surface area contributed by atoms with Crippen LogP contribution < -0.4 is 15.4 Å². The molecule has 1 saturated heterocycles. The molecule has 1 aliphatic rings. The fourth-order valence-electron chi connectivity index (χ4n) is 4.64. The molecular weight excluding hydrogens is 494 g/mol. The van der Waals surface area contributed by atoms with Crippen LogP contribution >= 0.6 is 0 Å². The van der Waals surface area contributed by atoms with Gasteiger partial charge in [0.05, 0.1) is 12.9 Å². The number of benzene rings is 2. The van der Waals surface area contributed by atoms with Gasteiger partial charge in [0.15, 0.2) is 17.0 Å². The number of piperidine rings is 1. The van der Waals surface area contributed by atoms with Crippen LogP contribution in [0, 0.1) is 0 Å². The first-order valence-corrected chi connectivity index (χ1v) is 13.1. The van der Waals surface area contributed by atoms with Gasteiger partial charge in [0.2, 0.25) is 11.9 Å². The summed E-state index contributed by atoms with van der Waals surface area (Å²) in [5, 5.41) is 6.78. The normalized spacial score (nSPS) is 13.8. The molecule has 3 heterocycles. The Morgan fingerprint density at radius 3 is 2.56 bits per heavy atom. The Hall–Kier alpha value is -4.44. The largest absolute Gasteiger partial charge is 0.491 e. The van der Waals surface area contributed by atoms with Gasteiger partial charge in [-0.25, -0.2) is 4.98 Å². The molecular formula is C29H33N7O3. The van der Waals surface area contributed by atoms with E-state index < -0.39 is 0 Å². The number of methoxy groups -OCH3 is 1. The summed E-state index contributed by atoms with van der Waals surface area (Å²) in [6, 6.07) is 18.0. The van der Waals surface area contributed by atoms with Crippen molar-refractivity contribution in [3.8, 4) is 5.75 Å². The highest BCUT2D eigenvalue weighted by Gasteiger charge is 2.25. The van der Waals surface area contributed by atoms with Crippen molar-refractivity contribution in [3.05, 3.63) is 79.1 Å². The van der Waals surface area contributed by atoms with Crippen molar-refractivity contribution >= 4 is 34.5 Å². The summed E-state index contributed by atoms with van der Waals surface area (Å²) < 4.78 is 12.8. The molecule has 39 heavy (non-hydrogen) atoms. The summed E-state index contributed by atoms with van der Waals surface area (Å²) in [4.78, 5) is 28.2. The summed E-state index contributed by atoms with van der Waals surface area (Å²) in [7, 11) is 1.65. The second kappa shape index (κ2) is 12.4. The van der Waals surface area contributed by atoms with Crippen LogP contribution in [0.5, 0.6) is 5.75 Å². The van der Waals surface area contributed by atoms with Crippen LogP contribution in [0.25, 0.3) is 11.2 Å². The second-order valence-corrected chi connectivity index (χ2v) is 9.31. The molecule has 4 aromatic rings. The van der Waals surface area contributed by atoms with Gasteiger partial charge in [0.1, 0.15) is 12.4 Å². The Labute approximate surface area is 227 Å². The van der Waals surface area contributed by atoms with Crippen molar-refractivity contribution in [2.24, 2.45) is 0 Å². The maximum Gasteiger partial charge on any atom is 0.245 e. The first kappa shape index (κ1) is 26.2. The number of ether oxygens (including phenoxy) is 2. The zero-order valence-corrected chi connectivity index (χ0v) is 22.0. The van der Waals surface area contributed by atoms with Crippen molar-refractivity contribution in [2.45, 2.75) is 25.4 Å². The number of carbonyl (C=O) groups excluding carboxylic acids is 1. The molecule has 10 heteroatoms. The monoisotopic (exact) mass is 527 g/mol. The third-order valence-electron chi connectivity index (χ3n) is 6.74. The van der Waals surface area contributed by atoms with Gasteiger partial charge in [0.25, 0.3) is 0 Å². The lowest BCUT2D eigenvalue weighted by Gasteiger charge is -2.32. The summed E-state index contributed by atoms with van der Waals surface area (Å²) in [6.07, 6.45) is 4.84. The highest BCUT2D eigenvalue weighted by atomic mass is 16.5. The molecule has 0 atom stereocenters. The second-order valence-electron chi connectivity index (χ2n) is 9.31. The molecule has 1 aliphatic heterocycles. The molecule has 0 radical (unpaired) electrons. The fourth-order valence-corrected chi connectivity index (χ4v) is 4.64. The quantitative estimate of drug-likeness (QED) is 0.216. The average Bonchev–Trinajstić information content (AvgIpc) is 3.41. The number of amides is 1. The number of likely N-dealkylation sites (tertiary alicyclic amines) is 1. The predicted octanol–water partition coefficient (Wildman–Crippen LogP) is 4.56. The molecule has 0 bridgehead atoms. The van der Waals surface area contributed by atoms with Gasteiger partial charge < -0.3 is 29.6 Å². The van der Waals surface area contributed by atoms with Gasteiger partial charge in [-0.15, -0.1) is 0 Å². The van der Waals surface area contributed by atoms with Gasteiger partial charge >= 0.3 is 0 Å². The van der Waals surface area contributed by atoms with E-state index in [1.165, 1.54) is 6.08 Å². The number of imidazole rings is 1. The number of anilines is 3. The highest BCUT2D eigenvalue weighted by Crippen LogP contribution is 2.30. The smallest absolute Gasteiger partial charge is 0.245 e. The van der Waals surface area contributed by atoms with E-state index in [2.05, 4.69) is 33.9 Å². The van der Waals surface area contributed by atoms with Crippen molar-refractivity contribution in [2.75, 3.05) is 44.0 Å². The summed E-state index contributed by atoms with van der Waals surface area (Å²) in [6.45, 7) is 6.58. The number of fused-ring (bicyclic) bond motifs is 1. The fraction of sp³-hybridized carbons (Fsp3) is 0.310. The van der Waals surface area contributed by atoms with Crippen LogP contribution in [-0.4, -0.2) is 63.7 Å². The Bertz CT molecular complexity index is 1400. The van der Waals surface area contributed by atoms with Gasteiger partial charge in [0, 0.05) is 38.5 Å². The number of nitrogens with one attached hydrogen (secondary N) is 2. The van der Waals surface area contributed by atoms with E-state index in [1.807, 2.05) is 53.7 Å². The van der Waals surface area contributed by atoms with Gasteiger partial charge in [-0.1, -0.05) is 36.9 Å². The van der Waals surface area contributed by atoms with E-state index in [4.69, 9.17) is 24.4 Å². The highest BCUT2D eigenvalue weighted by molar-refractivity contribution is 5.87. The van der Waals surface area contributed by atoms with Crippen molar-refractivity contribution in [3.63, 3.8) is 0 Å². The minimum atomic E-state index is -0.0275. The lowest BCUT2D eigenvalue weighted by molar-refractivity contribution is -0.127. The molecule has 0 spiro atoms. The molecule has 2 aromatic carbocycles. The van der Waals surface area contributed by atoms with Crippen molar-refractivity contribution in [1.29, 1.82) is 0 Å². The molecule has 2 N–H and O–H groups in total. The number of rotatable bonds is 11. The van der Waals surface area contributed by atoms with Crippen LogP contribution in [0.3, 0.4) is 0 Å². The number of aromatic nitrogens is 4. The number of nitrogens with zero attached hydrogens (tertiary/aromatic N) is 5. The minimum Gasteiger partial charge on any atom is -0.491 e. The Kier molecular flexibility index (Phi) is 8.33. The number of hydrogen-bond acceptors (Lipinski definition) is 8. The first-order valence-electron chi connectivity index (χ1n) is 13.1. The van der Waals surface area contributed by atoms with E-state index in [1.54, 1.807) is 7.11 Å². The SMILES string of the molecule is C=CC(=O)N1CCC(n2cnc3c(NCc4ccccc4)nc(Nc4ccc(OCCOC)cc4)nc32)CC1. The lowest BCUT2D eigenvalue weighted by atomic mass is 10.0. The van der Waals surface area contributed by atoms with Crippen LogP contribution in [0.2, 0.25) is 0 Å². The molecule has 2 aromatic heterocycles. The molecule has 5 rings (SSSR count).